The number of nitrogens with zero attached hydrogens (tertiary/aromatic N) is 2. The quantitative estimate of drug-likeness (QED) is 0.309. The Balaban J connectivity index is 3.17. The van der Waals surface area contributed by atoms with Gasteiger partial charge < -0.3 is 0 Å². The van der Waals surface area contributed by atoms with E-state index in [1.165, 1.54) is 12.8 Å². The van der Waals surface area contributed by atoms with Crippen LogP contribution in [0.3, 0.4) is 0 Å². The number of carbonyl (C=O) groups excluding carboxylic acids is 2. The highest BCUT2D eigenvalue weighted by Crippen LogP contribution is 2.10. The third kappa shape index (κ3) is 12.7. The number of unbranched alkanes of at least 4 members (excludes halogenated alkanes) is 7. The Kier molecular flexibility index (Phi) is 12.5. The molecular formula is C14H26N4O2. The lowest BCUT2D eigenvalue weighted by atomic mass is 10.1. The predicted molar refractivity (Wildman–Crippen MR) is 81.6 cm³/mol. The summed E-state index contributed by atoms with van der Waals surface area (Å²) in [6.45, 7) is 6.40. The summed E-state index contributed by atoms with van der Waals surface area (Å²) in [6, 6.07) is 0. The zero-order valence-corrected chi connectivity index (χ0v) is 12.2. The molecule has 0 aromatic rings. The Bertz CT molecular complexity index is 276. The van der Waals surface area contributed by atoms with Crippen LogP contribution in [0.15, 0.2) is 10.2 Å². The van der Waals surface area contributed by atoms with Gasteiger partial charge in [0.05, 0.1) is 0 Å². The van der Waals surface area contributed by atoms with Crippen molar-refractivity contribution in [3.8, 4) is 0 Å². The molecule has 0 spiro atoms. The predicted octanol–water partition coefficient (Wildman–Crippen LogP) is 2.35. The van der Waals surface area contributed by atoms with Crippen molar-refractivity contribution in [3.63, 3.8) is 0 Å². The maximum atomic E-state index is 11.1. The Morgan fingerprint density at radius 2 is 0.950 bits per heavy atom. The van der Waals surface area contributed by atoms with Gasteiger partial charge in [-0.05, 0) is 12.8 Å². The van der Waals surface area contributed by atoms with Gasteiger partial charge in [0.15, 0.2) is 0 Å². The summed E-state index contributed by atoms with van der Waals surface area (Å²) >= 11 is 0. The first-order chi connectivity index (χ1) is 9.70. The van der Waals surface area contributed by atoms with Crippen LogP contribution < -0.4 is 10.9 Å². The van der Waals surface area contributed by atoms with Gasteiger partial charge in [-0.1, -0.05) is 38.5 Å². The summed E-state index contributed by atoms with van der Waals surface area (Å²) in [5.74, 6) is -0.125. The lowest BCUT2D eigenvalue weighted by Crippen LogP contribution is -2.15. The molecule has 2 amide bonds. The van der Waals surface area contributed by atoms with Gasteiger partial charge >= 0.3 is 0 Å². The fraction of sp³-hybridized carbons (Fsp3) is 0.714. The van der Waals surface area contributed by atoms with E-state index in [1.807, 2.05) is 0 Å². The SMILES string of the molecule is C=NNC(=O)CCCCCCCCCCC(=O)NN=C. The minimum Gasteiger partial charge on any atom is -0.273 e. The van der Waals surface area contributed by atoms with Crippen LogP contribution in [0, 0.1) is 0 Å². The van der Waals surface area contributed by atoms with E-state index in [0.717, 1.165) is 38.5 Å². The first kappa shape index (κ1) is 18.3. The number of hydrogen-bond acceptors (Lipinski definition) is 4. The molecule has 0 fully saturated rings. The highest BCUT2D eigenvalue weighted by Gasteiger charge is 2.00. The molecule has 0 aliphatic rings. The second-order valence-electron chi connectivity index (χ2n) is 4.71. The highest BCUT2D eigenvalue weighted by atomic mass is 16.2. The monoisotopic (exact) mass is 282 g/mol. The van der Waals surface area contributed by atoms with Crippen LogP contribution in [0.25, 0.3) is 0 Å². The standard InChI is InChI=1S/C14H26N4O2/c1-15-17-13(19)11-9-7-5-3-4-6-8-10-12-14(20)18-16-2/h1-12H2,(H,17,19)(H,18,20). The van der Waals surface area contributed by atoms with E-state index in [9.17, 15) is 9.59 Å². The van der Waals surface area contributed by atoms with Gasteiger partial charge in [0.1, 0.15) is 0 Å². The molecule has 20 heavy (non-hydrogen) atoms. The van der Waals surface area contributed by atoms with E-state index < -0.39 is 0 Å². The molecule has 0 aliphatic heterocycles. The average molecular weight is 282 g/mol. The van der Waals surface area contributed by atoms with Gasteiger partial charge in [-0.2, -0.15) is 10.2 Å². The smallest absolute Gasteiger partial charge is 0.240 e. The van der Waals surface area contributed by atoms with Crippen molar-refractivity contribution in [2.45, 2.75) is 64.2 Å². The Hall–Kier alpha value is -1.72. The average Bonchev–Trinajstić information content (AvgIpc) is 2.41. The molecule has 0 radical (unpaired) electrons. The zero-order chi connectivity index (χ0) is 15.1. The summed E-state index contributed by atoms with van der Waals surface area (Å²) in [6.07, 6.45) is 9.63. The summed E-state index contributed by atoms with van der Waals surface area (Å²) in [5.41, 5.74) is 4.64. The number of hydrogen-bond donors (Lipinski definition) is 2. The van der Waals surface area contributed by atoms with Crippen LogP contribution in [0.5, 0.6) is 0 Å². The molecule has 0 unspecified atom stereocenters. The topological polar surface area (TPSA) is 82.9 Å². The first-order valence-electron chi connectivity index (χ1n) is 7.20. The van der Waals surface area contributed by atoms with Gasteiger partial charge in [-0.3, -0.25) is 9.59 Å². The van der Waals surface area contributed by atoms with Crippen molar-refractivity contribution in [2.24, 2.45) is 10.2 Å². The second kappa shape index (κ2) is 13.7. The number of nitrogens with one attached hydrogen (secondary N) is 2. The summed E-state index contributed by atoms with van der Waals surface area (Å²) in [4.78, 5) is 22.1. The van der Waals surface area contributed by atoms with Gasteiger partial charge in [-0.15, -0.1) is 0 Å². The van der Waals surface area contributed by atoms with E-state index >= 15 is 0 Å². The van der Waals surface area contributed by atoms with E-state index in [-0.39, 0.29) is 11.8 Å². The van der Waals surface area contributed by atoms with Gasteiger partial charge in [0, 0.05) is 26.3 Å². The molecule has 0 atom stereocenters. The molecule has 0 heterocycles. The third-order valence-corrected chi connectivity index (χ3v) is 2.97. The van der Waals surface area contributed by atoms with Crippen LogP contribution in [-0.4, -0.2) is 25.2 Å². The molecule has 0 saturated carbocycles. The fourth-order valence-corrected chi connectivity index (χ4v) is 1.92. The molecule has 0 saturated heterocycles. The maximum absolute atomic E-state index is 11.1. The molecular weight excluding hydrogens is 256 g/mol. The molecule has 0 aliphatic carbocycles. The van der Waals surface area contributed by atoms with Crippen molar-refractivity contribution in [3.05, 3.63) is 0 Å². The van der Waals surface area contributed by atoms with Gasteiger partial charge in [-0.25, -0.2) is 10.9 Å². The first-order valence-corrected chi connectivity index (χ1v) is 7.20. The molecule has 0 rings (SSSR count). The summed E-state index contributed by atoms with van der Waals surface area (Å²) in [5, 5.41) is 6.66. The highest BCUT2D eigenvalue weighted by molar-refractivity contribution is 5.76. The number of rotatable bonds is 13. The molecule has 2 N–H and O–H groups in total. The number of amides is 2. The molecule has 6 heteroatoms. The van der Waals surface area contributed by atoms with Crippen molar-refractivity contribution in [1.29, 1.82) is 0 Å². The molecule has 0 aromatic carbocycles. The molecule has 6 nitrogen and oxygen atoms in total. The van der Waals surface area contributed by atoms with Crippen LogP contribution in [0.4, 0.5) is 0 Å². The van der Waals surface area contributed by atoms with E-state index in [4.69, 9.17) is 0 Å². The Morgan fingerprint density at radius 1 is 0.650 bits per heavy atom. The molecule has 0 aromatic heterocycles. The second-order valence-corrected chi connectivity index (χ2v) is 4.71. The third-order valence-electron chi connectivity index (χ3n) is 2.97. The minimum atomic E-state index is -0.0627. The van der Waals surface area contributed by atoms with Crippen molar-refractivity contribution in [2.75, 3.05) is 0 Å². The number of hydrazone groups is 2. The zero-order valence-electron chi connectivity index (χ0n) is 12.2. The summed E-state index contributed by atoms with van der Waals surface area (Å²) < 4.78 is 0. The van der Waals surface area contributed by atoms with Crippen molar-refractivity contribution in [1.82, 2.24) is 10.9 Å². The Labute approximate surface area is 121 Å². The number of carbonyl (C=O) groups is 2. The van der Waals surface area contributed by atoms with Crippen molar-refractivity contribution < 1.29 is 9.59 Å². The maximum Gasteiger partial charge on any atom is 0.240 e. The lowest BCUT2D eigenvalue weighted by molar-refractivity contribution is -0.122. The minimum absolute atomic E-state index is 0.0627. The summed E-state index contributed by atoms with van der Waals surface area (Å²) in [7, 11) is 0. The van der Waals surface area contributed by atoms with E-state index in [1.54, 1.807) is 0 Å². The van der Waals surface area contributed by atoms with Crippen LogP contribution in [0.2, 0.25) is 0 Å². The van der Waals surface area contributed by atoms with Crippen LogP contribution >= 0.6 is 0 Å². The fourth-order valence-electron chi connectivity index (χ4n) is 1.92. The van der Waals surface area contributed by atoms with Crippen LogP contribution in [-0.2, 0) is 9.59 Å². The van der Waals surface area contributed by atoms with Crippen LogP contribution in [0.1, 0.15) is 64.2 Å². The van der Waals surface area contributed by atoms with Gasteiger partial charge in [0.25, 0.3) is 0 Å². The van der Waals surface area contributed by atoms with Crippen molar-refractivity contribution >= 4 is 25.2 Å². The largest absolute Gasteiger partial charge is 0.273 e. The molecule has 0 bridgehead atoms. The Morgan fingerprint density at radius 3 is 1.25 bits per heavy atom. The van der Waals surface area contributed by atoms with E-state index in [0.29, 0.717) is 12.8 Å². The lowest BCUT2D eigenvalue weighted by Gasteiger charge is -2.02. The molecule has 114 valence electrons. The normalized spacial score (nSPS) is 9.80. The van der Waals surface area contributed by atoms with Gasteiger partial charge in [0.2, 0.25) is 11.8 Å². The van der Waals surface area contributed by atoms with E-state index in [2.05, 4.69) is 34.5 Å².